The summed E-state index contributed by atoms with van der Waals surface area (Å²) in [4.78, 5) is 35.6. The average molecular weight is 345 g/mol. The predicted octanol–water partition coefficient (Wildman–Crippen LogP) is 1.61. The molecule has 25 heavy (non-hydrogen) atoms. The quantitative estimate of drug-likeness (QED) is 0.828. The number of halogens is 1. The van der Waals surface area contributed by atoms with Crippen molar-refractivity contribution in [2.75, 3.05) is 13.1 Å². The second-order valence-corrected chi connectivity index (χ2v) is 7.06. The molecule has 1 aromatic carbocycles. The molecule has 0 aliphatic carbocycles. The number of aromatic amines is 1. The molecular weight excluding hydrogens is 325 g/mol. The van der Waals surface area contributed by atoms with E-state index >= 15 is 0 Å². The molecule has 3 heterocycles. The van der Waals surface area contributed by atoms with Gasteiger partial charge in [0.05, 0.1) is 12.1 Å². The summed E-state index contributed by atoms with van der Waals surface area (Å²) in [5, 5.41) is 2.87. The van der Waals surface area contributed by atoms with Crippen LogP contribution in [0, 0.1) is 5.82 Å². The minimum absolute atomic E-state index is 0.161. The molecule has 2 N–H and O–H groups in total. The number of nitrogens with one attached hydrogen (secondary N) is 2. The molecule has 1 atom stereocenters. The summed E-state index contributed by atoms with van der Waals surface area (Å²) in [7, 11) is 0. The molecule has 0 unspecified atom stereocenters. The summed E-state index contributed by atoms with van der Waals surface area (Å²) >= 11 is 0. The molecule has 3 amide bonds. The van der Waals surface area contributed by atoms with Gasteiger partial charge >= 0.3 is 6.03 Å². The lowest BCUT2D eigenvalue weighted by Gasteiger charge is -2.22. The van der Waals surface area contributed by atoms with E-state index < -0.39 is 5.54 Å². The normalized spacial score (nSPS) is 24.2. The van der Waals surface area contributed by atoms with Crippen molar-refractivity contribution >= 4 is 23.0 Å². The van der Waals surface area contributed by atoms with Crippen LogP contribution in [-0.4, -0.2) is 56.4 Å². The van der Waals surface area contributed by atoms with E-state index in [2.05, 4.69) is 20.2 Å². The fraction of sp³-hybridized carbons (Fsp3) is 0.471. The molecule has 2 saturated heterocycles. The van der Waals surface area contributed by atoms with Gasteiger partial charge in [0.1, 0.15) is 16.9 Å². The van der Waals surface area contributed by atoms with Gasteiger partial charge in [-0.2, -0.15) is 0 Å². The fourth-order valence-electron chi connectivity index (χ4n) is 3.75. The summed E-state index contributed by atoms with van der Waals surface area (Å²) < 4.78 is 13.8. The number of hydrogen-bond acceptors (Lipinski definition) is 4. The summed E-state index contributed by atoms with van der Waals surface area (Å²) in [5.74, 6) is 0.129. The maximum atomic E-state index is 13.8. The van der Waals surface area contributed by atoms with Gasteiger partial charge in [0, 0.05) is 19.1 Å². The average Bonchev–Trinajstić information content (AvgIpc) is 3.18. The van der Waals surface area contributed by atoms with Crippen molar-refractivity contribution in [2.45, 2.75) is 38.4 Å². The molecule has 4 rings (SSSR count). The minimum atomic E-state index is -0.849. The van der Waals surface area contributed by atoms with Crippen LogP contribution in [-0.2, 0) is 11.3 Å². The molecule has 0 saturated carbocycles. The molecule has 1 aromatic heterocycles. The molecule has 2 aliphatic rings. The van der Waals surface area contributed by atoms with Gasteiger partial charge in [0.15, 0.2) is 5.82 Å². The number of likely N-dealkylation sites (tertiary alicyclic amines) is 1. The number of imide groups is 1. The Morgan fingerprint density at radius 2 is 2.16 bits per heavy atom. The standard InChI is InChI=1S/C17H20FN5O2/c1-10(2)23-15(24)17(21-16(23)25)6-7-22(9-17)8-13-19-12-5-3-4-11(18)14(12)20-13/h3-5,10H,6-9H2,1-2H3,(H,19,20)(H,21,25)/t17-/m1/s1. The van der Waals surface area contributed by atoms with Crippen molar-refractivity contribution in [3.05, 3.63) is 29.8 Å². The molecule has 132 valence electrons. The highest BCUT2D eigenvalue weighted by atomic mass is 19.1. The van der Waals surface area contributed by atoms with Crippen molar-refractivity contribution in [2.24, 2.45) is 0 Å². The third-order valence-electron chi connectivity index (χ3n) is 4.94. The number of carbonyl (C=O) groups excluding carboxylic acids is 2. The molecule has 2 aliphatic heterocycles. The zero-order chi connectivity index (χ0) is 17.8. The smallest absolute Gasteiger partial charge is 0.325 e. The number of nitrogens with zero attached hydrogens (tertiary/aromatic N) is 3. The second-order valence-electron chi connectivity index (χ2n) is 7.06. The number of H-pyrrole nitrogens is 1. The van der Waals surface area contributed by atoms with E-state index in [1.165, 1.54) is 11.0 Å². The van der Waals surface area contributed by atoms with Crippen LogP contribution in [0.3, 0.4) is 0 Å². The zero-order valence-corrected chi connectivity index (χ0v) is 14.2. The van der Waals surface area contributed by atoms with Crippen LogP contribution in [0.25, 0.3) is 11.0 Å². The lowest BCUT2D eigenvalue weighted by molar-refractivity contribution is -0.132. The molecule has 0 bridgehead atoms. The fourth-order valence-corrected chi connectivity index (χ4v) is 3.75. The summed E-state index contributed by atoms with van der Waals surface area (Å²) in [5.41, 5.74) is 0.126. The van der Waals surface area contributed by atoms with Crippen molar-refractivity contribution in [1.82, 2.24) is 25.1 Å². The largest absolute Gasteiger partial charge is 0.341 e. The highest BCUT2D eigenvalue weighted by Crippen LogP contribution is 2.30. The number of imidazole rings is 1. The van der Waals surface area contributed by atoms with Crippen LogP contribution in [0.5, 0.6) is 0 Å². The third-order valence-corrected chi connectivity index (χ3v) is 4.94. The Hall–Kier alpha value is -2.48. The first-order chi connectivity index (χ1) is 11.9. The Morgan fingerprint density at radius 1 is 1.36 bits per heavy atom. The first-order valence-corrected chi connectivity index (χ1v) is 8.41. The van der Waals surface area contributed by atoms with Gasteiger partial charge in [-0.3, -0.25) is 14.6 Å². The molecule has 0 radical (unpaired) electrons. The van der Waals surface area contributed by atoms with E-state index in [0.29, 0.717) is 42.9 Å². The highest BCUT2D eigenvalue weighted by molar-refractivity contribution is 6.07. The van der Waals surface area contributed by atoms with E-state index in [1.54, 1.807) is 12.1 Å². The predicted molar refractivity (Wildman–Crippen MR) is 89.2 cm³/mol. The van der Waals surface area contributed by atoms with E-state index in [0.717, 1.165) is 0 Å². The van der Waals surface area contributed by atoms with Crippen molar-refractivity contribution in [1.29, 1.82) is 0 Å². The highest BCUT2D eigenvalue weighted by Gasteiger charge is 2.55. The number of para-hydroxylation sites is 1. The van der Waals surface area contributed by atoms with Crippen molar-refractivity contribution in [3.8, 4) is 0 Å². The Bertz CT molecular complexity index is 864. The van der Waals surface area contributed by atoms with Gasteiger partial charge in [0.25, 0.3) is 5.91 Å². The minimum Gasteiger partial charge on any atom is -0.341 e. The summed E-state index contributed by atoms with van der Waals surface area (Å²) in [6.45, 7) is 5.22. The number of fused-ring (bicyclic) bond motifs is 1. The zero-order valence-electron chi connectivity index (χ0n) is 14.2. The van der Waals surface area contributed by atoms with Gasteiger partial charge in [-0.25, -0.2) is 14.2 Å². The second kappa shape index (κ2) is 5.52. The van der Waals surface area contributed by atoms with E-state index in [-0.39, 0.29) is 23.8 Å². The van der Waals surface area contributed by atoms with Gasteiger partial charge in [-0.05, 0) is 32.4 Å². The topological polar surface area (TPSA) is 81.3 Å². The Labute approximate surface area is 144 Å². The van der Waals surface area contributed by atoms with E-state index in [1.807, 2.05) is 13.8 Å². The van der Waals surface area contributed by atoms with Gasteiger partial charge in [-0.1, -0.05) is 6.07 Å². The molecule has 1 spiro atoms. The molecular formula is C17H20FN5O2. The van der Waals surface area contributed by atoms with Crippen LogP contribution in [0.2, 0.25) is 0 Å². The van der Waals surface area contributed by atoms with E-state index in [4.69, 9.17) is 0 Å². The SMILES string of the molecule is CC(C)N1C(=O)N[C@@]2(CCN(Cc3nc4c(F)cccc4[nH]3)C2)C1=O. The number of rotatable bonds is 3. The lowest BCUT2D eigenvalue weighted by atomic mass is 9.99. The number of hydrogen-bond donors (Lipinski definition) is 2. The number of amides is 3. The Morgan fingerprint density at radius 3 is 2.84 bits per heavy atom. The van der Waals surface area contributed by atoms with Crippen LogP contribution in [0.4, 0.5) is 9.18 Å². The number of carbonyl (C=O) groups is 2. The van der Waals surface area contributed by atoms with Crippen LogP contribution in [0.15, 0.2) is 18.2 Å². The van der Waals surface area contributed by atoms with Crippen LogP contribution >= 0.6 is 0 Å². The number of urea groups is 1. The summed E-state index contributed by atoms with van der Waals surface area (Å²) in [6, 6.07) is 4.30. The number of benzene rings is 1. The van der Waals surface area contributed by atoms with Crippen LogP contribution in [0.1, 0.15) is 26.1 Å². The first-order valence-electron chi connectivity index (χ1n) is 8.41. The monoisotopic (exact) mass is 345 g/mol. The van der Waals surface area contributed by atoms with Crippen LogP contribution < -0.4 is 5.32 Å². The third kappa shape index (κ3) is 2.48. The van der Waals surface area contributed by atoms with Crippen molar-refractivity contribution in [3.63, 3.8) is 0 Å². The summed E-state index contributed by atoms with van der Waals surface area (Å²) in [6.07, 6.45) is 0.565. The molecule has 2 aromatic rings. The first kappa shape index (κ1) is 16.0. The molecule has 2 fully saturated rings. The van der Waals surface area contributed by atoms with Gasteiger partial charge in [0.2, 0.25) is 0 Å². The Balaban J connectivity index is 1.52. The van der Waals surface area contributed by atoms with Gasteiger partial charge in [-0.15, -0.1) is 0 Å². The Kier molecular flexibility index (Phi) is 3.54. The lowest BCUT2D eigenvalue weighted by Crippen LogP contribution is -2.49. The maximum absolute atomic E-state index is 13.8. The molecule has 8 heteroatoms. The maximum Gasteiger partial charge on any atom is 0.325 e. The van der Waals surface area contributed by atoms with Crippen molar-refractivity contribution < 1.29 is 14.0 Å². The molecule has 7 nitrogen and oxygen atoms in total. The number of aromatic nitrogens is 2. The van der Waals surface area contributed by atoms with Gasteiger partial charge < -0.3 is 10.3 Å². The van der Waals surface area contributed by atoms with E-state index in [9.17, 15) is 14.0 Å².